The number of aliphatic hydroxyl groups excluding tert-OH is 2. The summed E-state index contributed by atoms with van der Waals surface area (Å²) in [5, 5.41) is 38.2. The number of nitrogens with zero attached hydrogens (tertiary/aromatic N) is 1. The summed E-state index contributed by atoms with van der Waals surface area (Å²) in [5.41, 5.74) is 0.588. The lowest BCUT2D eigenvalue weighted by Crippen LogP contribution is -2.22. The fourth-order valence-electron chi connectivity index (χ4n) is 1.65. The van der Waals surface area contributed by atoms with Crippen LogP contribution in [0.25, 0.3) is 6.08 Å². The number of carbonyl (C=O) groups excluding carboxylic acids is 1. The van der Waals surface area contributed by atoms with E-state index in [2.05, 4.69) is 17.2 Å². The second kappa shape index (κ2) is 24.4. The largest absolute Gasteiger partial charge is 0.516 e. The molecule has 0 heterocycles. The lowest BCUT2D eigenvalue weighted by atomic mass is 10.2. The van der Waals surface area contributed by atoms with Crippen molar-refractivity contribution in [3.05, 3.63) is 52.8 Å². The smallest absolute Gasteiger partial charge is 0.262 e. The number of hydrogen-bond acceptors (Lipinski definition) is 7. The fraction of sp³-hybridized carbons (Fsp3) is 0.417. The number of nitrogens with one attached hydrogen (secondary N) is 1. The Morgan fingerprint density at radius 1 is 1.16 bits per heavy atom. The molecule has 0 fully saturated rings. The van der Waals surface area contributed by atoms with Crippen molar-refractivity contribution in [1.82, 2.24) is 5.32 Å². The highest BCUT2D eigenvalue weighted by Crippen LogP contribution is 2.27. The van der Waals surface area contributed by atoms with E-state index in [0.717, 1.165) is 19.1 Å². The van der Waals surface area contributed by atoms with Gasteiger partial charge in [0, 0.05) is 0 Å². The molecule has 1 amide bonds. The van der Waals surface area contributed by atoms with E-state index in [9.17, 15) is 15.0 Å². The zero-order valence-corrected chi connectivity index (χ0v) is 21.1. The van der Waals surface area contributed by atoms with Crippen LogP contribution in [0.5, 0.6) is 11.5 Å². The minimum absolute atomic E-state index is 0.167. The first-order valence-electron chi connectivity index (χ1n) is 10.6. The van der Waals surface area contributed by atoms with Crippen LogP contribution in [0.4, 0.5) is 0 Å². The molecule has 7 nitrogen and oxygen atoms in total. The van der Waals surface area contributed by atoms with Crippen molar-refractivity contribution in [3.8, 4) is 11.5 Å². The van der Waals surface area contributed by atoms with Crippen molar-refractivity contribution in [2.75, 3.05) is 12.8 Å². The van der Waals surface area contributed by atoms with E-state index in [1.165, 1.54) is 43.2 Å². The normalized spacial score (nSPS) is 11.0. The van der Waals surface area contributed by atoms with Gasteiger partial charge in [0.1, 0.15) is 0 Å². The van der Waals surface area contributed by atoms with Crippen molar-refractivity contribution in [2.24, 2.45) is 4.99 Å². The summed E-state index contributed by atoms with van der Waals surface area (Å²) in [5.74, 6) is -0.636. The van der Waals surface area contributed by atoms with Gasteiger partial charge in [-0.1, -0.05) is 53.2 Å². The number of phenols is 2. The van der Waals surface area contributed by atoms with Gasteiger partial charge in [-0.3, -0.25) is 9.79 Å². The highest BCUT2D eigenvalue weighted by molar-refractivity contribution is 8.03. The molecule has 0 aliphatic carbocycles. The average molecular weight is 469 g/mol. The number of phenolic OH excluding ortho intramolecular Hbond substituents is 2. The van der Waals surface area contributed by atoms with E-state index in [1.807, 2.05) is 27.7 Å². The Balaban J connectivity index is -0.000000713. The first-order chi connectivity index (χ1) is 15.3. The van der Waals surface area contributed by atoms with E-state index in [-0.39, 0.29) is 29.7 Å². The van der Waals surface area contributed by atoms with Crippen LogP contribution in [0.1, 0.15) is 59.9 Å². The summed E-state index contributed by atoms with van der Waals surface area (Å²) in [4.78, 5) is 16.3. The molecule has 8 heteroatoms. The van der Waals surface area contributed by atoms with Gasteiger partial charge in [0.15, 0.2) is 11.5 Å². The molecule has 1 rings (SSSR count). The molecule has 0 bridgehead atoms. The van der Waals surface area contributed by atoms with Gasteiger partial charge in [0.05, 0.1) is 29.8 Å². The summed E-state index contributed by atoms with van der Waals surface area (Å²) in [7, 11) is 0. The second-order valence-electron chi connectivity index (χ2n) is 5.45. The fourth-order valence-corrected chi connectivity index (χ4v) is 2.15. The number of amides is 1. The number of aliphatic imine (C=N–C) groups is 1. The molecule has 1 aromatic rings. The molecule has 0 radical (unpaired) electrons. The van der Waals surface area contributed by atoms with Gasteiger partial charge < -0.3 is 25.7 Å². The third-order valence-electron chi connectivity index (χ3n) is 3.08. The SMILES string of the molecule is CC.CC.CCC/C=C/O.CS/C(=C\c1ccc(O)c(O)c1)C(=O)NC=NC/C=C(\C)O. The van der Waals surface area contributed by atoms with Crippen molar-refractivity contribution >= 4 is 30.1 Å². The number of carbonyl (C=O) groups is 1. The Morgan fingerprint density at radius 2 is 1.78 bits per heavy atom. The monoisotopic (exact) mass is 468 g/mol. The van der Waals surface area contributed by atoms with Crippen molar-refractivity contribution in [3.63, 3.8) is 0 Å². The number of aliphatic hydroxyl groups is 2. The van der Waals surface area contributed by atoms with Gasteiger partial charge in [0.2, 0.25) is 0 Å². The van der Waals surface area contributed by atoms with Gasteiger partial charge in [-0.25, -0.2) is 0 Å². The summed E-state index contributed by atoms with van der Waals surface area (Å²) in [6.07, 6.45) is 11.0. The van der Waals surface area contributed by atoms with Crippen molar-refractivity contribution in [1.29, 1.82) is 0 Å². The van der Waals surface area contributed by atoms with E-state index in [1.54, 1.807) is 24.5 Å². The molecule has 1 aromatic carbocycles. The van der Waals surface area contributed by atoms with Gasteiger partial charge in [-0.15, -0.1) is 11.8 Å². The lowest BCUT2D eigenvalue weighted by Gasteiger charge is -2.04. The molecule has 0 saturated carbocycles. The third kappa shape index (κ3) is 19.1. The Morgan fingerprint density at radius 3 is 2.22 bits per heavy atom. The Labute approximate surface area is 197 Å². The highest BCUT2D eigenvalue weighted by Gasteiger charge is 2.07. The predicted octanol–water partition coefficient (Wildman–Crippen LogP) is 6.32. The van der Waals surface area contributed by atoms with Crippen LogP contribution in [-0.2, 0) is 4.79 Å². The van der Waals surface area contributed by atoms with E-state index >= 15 is 0 Å². The van der Waals surface area contributed by atoms with E-state index in [0.29, 0.717) is 10.5 Å². The standard InChI is InChI=1S/C15H18N2O4S.C5H10O.2C2H6/c1-10(18)5-6-16-9-17-15(21)14(22-2)8-11-3-4-12(19)13(20)7-11;1-2-3-4-5-6;2*1-2/h3-5,7-9,18-20H,6H2,1-2H3,(H,16,17,21);4-6H,2-3H2,1H3;2*1-2H3/b10-5+,14-8-;5-4+;;. The third-order valence-corrected chi connectivity index (χ3v) is 3.82. The van der Waals surface area contributed by atoms with Crippen LogP contribution in [0, 0.1) is 0 Å². The number of aromatic hydroxyl groups is 2. The molecule has 182 valence electrons. The molecule has 0 spiro atoms. The first kappa shape index (κ1) is 33.8. The molecule has 0 aromatic heterocycles. The zero-order chi connectivity index (χ0) is 25.4. The minimum atomic E-state index is -0.339. The number of rotatable bonds is 8. The van der Waals surface area contributed by atoms with Crippen LogP contribution in [0.3, 0.4) is 0 Å². The maximum absolute atomic E-state index is 12.0. The number of hydrogen-bond donors (Lipinski definition) is 5. The van der Waals surface area contributed by atoms with Gasteiger partial charge in [-0.2, -0.15) is 0 Å². The van der Waals surface area contributed by atoms with Crippen molar-refractivity contribution in [2.45, 2.75) is 54.4 Å². The number of allylic oxidation sites excluding steroid dienone is 2. The molecule has 0 unspecified atom stereocenters. The molecule has 0 aliphatic rings. The number of unbranched alkanes of at least 4 members (excludes halogenated alkanes) is 1. The summed E-state index contributed by atoms with van der Waals surface area (Å²) >= 11 is 1.24. The van der Waals surface area contributed by atoms with Crippen LogP contribution in [0.15, 0.2) is 52.3 Å². The predicted molar refractivity (Wildman–Crippen MR) is 139 cm³/mol. The van der Waals surface area contributed by atoms with Crippen molar-refractivity contribution < 1.29 is 25.2 Å². The maximum Gasteiger partial charge on any atom is 0.262 e. The molecule has 0 atom stereocenters. The highest BCUT2D eigenvalue weighted by atomic mass is 32.2. The molecule has 32 heavy (non-hydrogen) atoms. The molecular weight excluding hydrogens is 428 g/mol. The quantitative estimate of drug-likeness (QED) is 0.100. The van der Waals surface area contributed by atoms with E-state index in [4.69, 9.17) is 10.2 Å². The Hall–Kier alpha value is -2.87. The Bertz CT molecular complexity index is 725. The average Bonchev–Trinajstić information content (AvgIpc) is 2.80. The number of benzene rings is 1. The van der Waals surface area contributed by atoms with Gasteiger partial charge >= 0.3 is 0 Å². The summed E-state index contributed by atoms with van der Waals surface area (Å²) < 4.78 is 0. The van der Waals surface area contributed by atoms with Crippen LogP contribution < -0.4 is 5.32 Å². The minimum Gasteiger partial charge on any atom is -0.516 e. The zero-order valence-electron chi connectivity index (χ0n) is 20.3. The first-order valence-corrected chi connectivity index (χ1v) is 11.8. The second-order valence-corrected chi connectivity index (χ2v) is 6.30. The van der Waals surface area contributed by atoms with Crippen LogP contribution >= 0.6 is 11.8 Å². The maximum atomic E-state index is 12.0. The van der Waals surface area contributed by atoms with Gasteiger partial charge in [0.25, 0.3) is 5.91 Å². The van der Waals surface area contributed by atoms with Crippen LogP contribution in [0.2, 0.25) is 0 Å². The molecular formula is C24H40N2O5S. The van der Waals surface area contributed by atoms with E-state index < -0.39 is 0 Å². The van der Waals surface area contributed by atoms with Gasteiger partial charge in [-0.05, 0) is 49.4 Å². The van der Waals surface area contributed by atoms with Crippen LogP contribution in [-0.4, -0.2) is 45.5 Å². The molecule has 0 saturated heterocycles. The lowest BCUT2D eigenvalue weighted by molar-refractivity contribution is -0.115. The Kier molecular flexibility index (Phi) is 25.7. The summed E-state index contributed by atoms with van der Waals surface area (Å²) in [6.45, 7) is 11.9. The summed E-state index contributed by atoms with van der Waals surface area (Å²) in [6, 6.07) is 4.30. The molecule has 0 aliphatic heterocycles. The number of thioether (sulfide) groups is 1. The molecule has 5 N–H and O–H groups in total. The topological polar surface area (TPSA) is 122 Å².